The van der Waals surface area contributed by atoms with Gasteiger partial charge in [0.25, 0.3) is 6.47 Å². The fourth-order valence-electron chi connectivity index (χ4n) is 3.60. The molecule has 0 aliphatic carbocycles. The lowest BCUT2D eigenvalue weighted by Gasteiger charge is -2.41. The minimum absolute atomic E-state index is 0.250. The summed E-state index contributed by atoms with van der Waals surface area (Å²) in [6, 6.07) is 6.25. The molecule has 172 valence electrons. The topological polar surface area (TPSA) is 133 Å². The van der Waals surface area contributed by atoms with Crippen LogP contribution in [0.15, 0.2) is 24.4 Å². The number of thiol groups is 1. The van der Waals surface area contributed by atoms with Crippen molar-refractivity contribution in [3.05, 3.63) is 24.4 Å². The second-order valence-electron chi connectivity index (χ2n) is 6.79. The van der Waals surface area contributed by atoms with Gasteiger partial charge < -0.3 is 19.5 Å². The second kappa shape index (κ2) is 12.2. The van der Waals surface area contributed by atoms with Crippen molar-refractivity contribution in [2.24, 2.45) is 0 Å². The minimum Gasteiger partial charge on any atom is -0.493 e. The van der Waals surface area contributed by atoms with Gasteiger partial charge in [-0.05, 0) is 19.1 Å². The lowest BCUT2D eigenvalue weighted by atomic mass is 10.1. The van der Waals surface area contributed by atoms with Gasteiger partial charge in [-0.15, -0.1) is 0 Å². The molecule has 12 heteroatoms. The number of carboxylic acid groups (broad SMARTS) is 1. The molecule has 31 heavy (non-hydrogen) atoms. The molecule has 1 aromatic heterocycles. The second-order valence-corrected chi connectivity index (χ2v) is 7.52. The summed E-state index contributed by atoms with van der Waals surface area (Å²) in [7, 11) is 0.635. The Labute approximate surface area is 183 Å². The van der Waals surface area contributed by atoms with Gasteiger partial charge in [-0.2, -0.15) is 4.83 Å². The Hall–Kier alpha value is -2.67. The van der Waals surface area contributed by atoms with Crippen LogP contribution in [0.2, 0.25) is 0 Å². The smallest absolute Gasteiger partial charge is 0.290 e. The van der Waals surface area contributed by atoms with E-state index in [9.17, 15) is 8.42 Å². The molecule has 0 bridgehead atoms. The number of ether oxygens (including phenoxy) is 2. The van der Waals surface area contributed by atoms with E-state index in [0.29, 0.717) is 24.1 Å². The first-order valence-corrected chi connectivity index (χ1v) is 10.8. The van der Waals surface area contributed by atoms with Crippen LogP contribution in [-0.4, -0.2) is 82.9 Å². The summed E-state index contributed by atoms with van der Waals surface area (Å²) in [6.07, 6.45) is 1.82. The zero-order valence-corrected chi connectivity index (χ0v) is 18.7. The Bertz CT molecular complexity index is 933. The lowest BCUT2D eigenvalue weighted by molar-refractivity contribution is -0.122. The van der Waals surface area contributed by atoms with Crippen molar-refractivity contribution in [1.82, 2.24) is 20.1 Å². The zero-order chi connectivity index (χ0) is 22.8. The maximum atomic E-state index is 10.5. The fourth-order valence-corrected chi connectivity index (χ4v) is 3.84. The number of hydrogen-bond donors (Lipinski definition) is 4. The van der Waals surface area contributed by atoms with E-state index in [0.717, 1.165) is 42.8 Å². The monoisotopic (exact) mass is 455 g/mol. The molecule has 0 spiro atoms. The number of hydrazine groups is 1. The number of nitrogens with zero attached hydrogens (tertiary/aromatic N) is 3. The highest BCUT2D eigenvalue weighted by Gasteiger charge is 2.25. The molecule has 2 aromatic rings. The van der Waals surface area contributed by atoms with E-state index in [1.165, 1.54) is 0 Å². The number of methoxy groups -OCH3 is 2. The third kappa shape index (κ3) is 6.66. The van der Waals surface area contributed by atoms with Crippen LogP contribution in [0.5, 0.6) is 11.5 Å². The number of rotatable bonds is 8. The molecule has 2 heterocycles. The highest BCUT2D eigenvalue weighted by Crippen LogP contribution is 2.36. The summed E-state index contributed by atoms with van der Waals surface area (Å²) >= 11 is 0. The molecule has 1 aliphatic heterocycles. The number of fused-ring (bicyclic) bond motifs is 1. The van der Waals surface area contributed by atoms with E-state index < -0.39 is 10.9 Å². The highest BCUT2D eigenvalue weighted by molar-refractivity contribution is 7.70. The molecule has 1 aliphatic rings. The molecule has 0 radical (unpaired) electrons. The number of anilines is 1. The Morgan fingerprint density at radius 1 is 1.26 bits per heavy atom. The maximum absolute atomic E-state index is 10.5. The van der Waals surface area contributed by atoms with E-state index in [1.807, 2.05) is 24.4 Å². The minimum atomic E-state index is -2.62. The molecule has 0 amide bonds. The van der Waals surface area contributed by atoms with Crippen molar-refractivity contribution >= 4 is 34.0 Å². The van der Waals surface area contributed by atoms with Gasteiger partial charge in [0.2, 0.25) is 10.9 Å². The summed E-state index contributed by atoms with van der Waals surface area (Å²) in [5.41, 5.74) is 4.70. The van der Waals surface area contributed by atoms with E-state index >= 15 is 0 Å². The molecular formula is C19H29N5O6S. The van der Waals surface area contributed by atoms with Crippen molar-refractivity contribution in [1.29, 1.82) is 0 Å². The number of aromatic nitrogens is 1. The van der Waals surface area contributed by atoms with Crippen LogP contribution in [0, 0.1) is 0 Å². The molecule has 1 saturated heterocycles. The third-order valence-corrected chi connectivity index (χ3v) is 5.36. The lowest BCUT2D eigenvalue weighted by Crippen LogP contribution is -2.54. The normalized spacial score (nSPS) is 16.6. The van der Waals surface area contributed by atoms with Crippen LogP contribution in [0.25, 0.3) is 10.9 Å². The van der Waals surface area contributed by atoms with Crippen LogP contribution in [0.4, 0.5) is 5.69 Å². The number of piperazine rings is 1. The standard InChI is InChI=1S/C18H27N5O4S.CH2O2/c1-13-12-23(9-8-22(13)7-6-20-21-28(24)25)16-4-5-19-15-11-18(27-3)17(26-2)10-14(15)16;2-1-3/h4-5,10-11,13,20,28H,6-9,12H2,1-3H3,(H,21,24,25);1H,(H,2,3). The summed E-state index contributed by atoms with van der Waals surface area (Å²) in [4.78, 5) is 19.8. The quantitative estimate of drug-likeness (QED) is 0.188. The number of nitrogens with one attached hydrogen (secondary N) is 2. The van der Waals surface area contributed by atoms with E-state index in [4.69, 9.17) is 19.4 Å². The fraction of sp³-hybridized carbons (Fsp3) is 0.474. The molecule has 11 nitrogen and oxygen atoms in total. The van der Waals surface area contributed by atoms with Crippen molar-refractivity contribution in [2.75, 3.05) is 51.8 Å². The average Bonchev–Trinajstić information content (AvgIpc) is 2.76. The molecule has 1 atom stereocenters. The van der Waals surface area contributed by atoms with E-state index in [2.05, 4.69) is 32.0 Å². The van der Waals surface area contributed by atoms with Gasteiger partial charge in [0.05, 0.1) is 19.7 Å². The predicted octanol–water partition coefficient (Wildman–Crippen LogP) is 0.0839. The van der Waals surface area contributed by atoms with E-state index in [1.54, 1.807) is 14.2 Å². The third-order valence-electron chi connectivity index (χ3n) is 5.02. The zero-order valence-electron chi connectivity index (χ0n) is 17.8. The summed E-state index contributed by atoms with van der Waals surface area (Å²) < 4.78 is 31.9. The van der Waals surface area contributed by atoms with Gasteiger partial charge in [0.1, 0.15) is 0 Å². The Balaban J connectivity index is 0.00000107. The SMILES string of the molecule is COc1cc2nccc(N3CCN(CCNN[SH](=O)=O)C(C)C3)c2cc1OC.O=CO. The van der Waals surface area contributed by atoms with Crippen molar-refractivity contribution in [2.45, 2.75) is 13.0 Å². The molecule has 0 saturated carbocycles. The molecule has 1 unspecified atom stereocenters. The Kier molecular flexibility index (Phi) is 9.72. The Morgan fingerprint density at radius 2 is 1.94 bits per heavy atom. The average molecular weight is 456 g/mol. The highest BCUT2D eigenvalue weighted by atomic mass is 32.2. The van der Waals surface area contributed by atoms with E-state index in [-0.39, 0.29) is 6.47 Å². The Morgan fingerprint density at radius 3 is 2.55 bits per heavy atom. The molecule has 1 fully saturated rings. The molecule has 3 rings (SSSR count). The number of carbonyl (C=O) groups is 1. The van der Waals surface area contributed by atoms with Crippen LogP contribution in [0.1, 0.15) is 6.92 Å². The van der Waals surface area contributed by atoms with Gasteiger partial charge in [0, 0.05) is 62.1 Å². The summed E-state index contributed by atoms with van der Waals surface area (Å²) in [5.74, 6) is 1.35. The largest absolute Gasteiger partial charge is 0.493 e. The first-order valence-electron chi connectivity index (χ1n) is 9.65. The molecule has 1 aromatic carbocycles. The van der Waals surface area contributed by atoms with Gasteiger partial charge in [-0.3, -0.25) is 14.7 Å². The van der Waals surface area contributed by atoms with Gasteiger partial charge >= 0.3 is 0 Å². The van der Waals surface area contributed by atoms with Crippen molar-refractivity contribution in [3.63, 3.8) is 0 Å². The molecule has 3 N–H and O–H groups in total. The first kappa shape index (κ1) is 24.6. The van der Waals surface area contributed by atoms with Crippen molar-refractivity contribution in [3.8, 4) is 11.5 Å². The first-order chi connectivity index (χ1) is 14.9. The van der Waals surface area contributed by atoms with Gasteiger partial charge in [-0.25, -0.2) is 13.8 Å². The van der Waals surface area contributed by atoms with Gasteiger partial charge in [-0.1, -0.05) is 0 Å². The predicted molar refractivity (Wildman–Crippen MR) is 118 cm³/mol. The van der Waals surface area contributed by atoms with Crippen LogP contribution in [0.3, 0.4) is 0 Å². The van der Waals surface area contributed by atoms with Crippen LogP contribution >= 0.6 is 0 Å². The molecular weight excluding hydrogens is 426 g/mol. The van der Waals surface area contributed by atoms with Crippen LogP contribution in [-0.2, 0) is 15.7 Å². The summed E-state index contributed by atoms with van der Waals surface area (Å²) in [5, 5.41) is 7.92. The summed E-state index contributed by atoms with van der Waals surface area (Å²) in [6.45, 7) is 5.90. The van der Waals surface area contributed by atoms with Crippen molar-refractivity contribution < 1.29 is 27.8 Å². The number of benzene rings is 1. The number of pyridine rings is 1. The van der Waals surface area contributed by atoms with Gasteiger partial charge in [0.15, 0.2) is 11.5 Å². The number of hydrogen-bond acceptors (Lipinski definition) is 9. The maximum Gasteiger partial charge on any atom is 0.290 e. The van der Waals surface area contributed by atoms with Crippen LogP contribution < -0.4 is 24.6 Å².